The van der Waals surface area contributed by atoms with Crippen LogP contribution in [0.2, 0.25) is 0 Å². The van der Waals surface area contributed by atoms with Crippen LogP contribution < -0.4 is 10.1 Å². The highest BCUT2D eigenvalue weighted by Gasteiger charge is 2.21. The van der Waals surface area contributed by atoms with Crippen LogP contribution >= 0.6 is 0 Å². The summed E-state index contributed by atoms with van der Waals surface area (Å²) in [6, 6.07) is 18.8. The van der Waals surface area contributed by atoms with Crippen LogP contribution in [0.4, 0.5) is 0 Å². The number of nitrogens with one attached hydrogen (secondary N) is 1. The summed E-state index contributed by atoms with van der Waals surface area (Å²) >= 11 is 0. The van der Waals surface area contributed by atoms with E-state index in [9.17, 15) is 0 Å². The van der Waals surface area contributed by atoms with Crippen LogP contribution in [-0.4, -0.2) is 6.61 Å². The molecule has 0 radical (unpaired) electrons. The predicted octanol–water partition coefficient (Wildman–Crippen LogP) is 2.91. The summed E-state index contributed by atoms with van der Waals surface area (Å²) < 4.78 is 5.78. The number of ether oxygens (including phenoxy) is 1. The molecule has 86 valence electrons. The first-order valence-corrected chi connectivity index (χ1v) is 5.92. The first kappa shape index (κ1) is 10.4. The lowest BCUT2D eigenvalue weighted by Gasteiger charge is -2.13. The van der Waals surface area contributed by atoms with Crippen molar-refractivity contribution in [1.29, 1.82) is 0 Å². The van der Waals surface area contributed by atoms with Crippen molar-refractivity contribution in [2.45, 2.75) is 12.6 Å². The molecule has 1 atom stereocenters. The summed E-state index contributed by atoms with van der Waals surface area (Å²) in [7, 11) is 0. The van der Waals surface area contributed by atoms with Crippen molar-refractivity contribution >= 4 is 0 Å². The second-order valence-corrected chi connectivity index (χ2v) is 4.26. The van der Waals surface area contributed by atoms with Gasteiger partial charge in [0.05, 0.1) is 6.04 Å². The maximum Gasteiger partial charge on any atom is 0.119 e. The second-order valence-electron chi connectivity index (χ2n) is 4.26. The molecular weight excluding hydrogens is 210 g/mol. The quantitative estimate of drug-likeness (QED) is 0.867. The fourth-order valence-corrected chi connectivity index (χ4v) is 2.22. The molecule has 2 nitrogen and oxygen atoms in total. The minimum absolute atomic E-state index is 0.311. The standard InChI is InChI=1S/C15H15NO/c1-2-7-13(8-3-1)17-11-15-14-9-5-4-6-12(14)10-16-15/h1-9,15-16H,10-11H2. The molecule has 0 aromatic heterocycles. The van der Waals surface area contributed by atoms with E-state index in [2.05, 4.69) is 29.6 Å². The van der Waals surface area contributed by atoms with Gasteiger partial charge in [-0.2, -0.15) is 0 Å². The van der Waals surface area contributed by atoms with Crippen LogP contribution in [0, 0.1) is 0 Å². The highest BCUT2D eigenvalue weighted by atomic mass is 16.5. The third kappa shape index (κ3) is 2.17. The molecule has 1 aliphatic rings. The summed E-state index contributed by atoms with van der Waals surface area (Å²) in [5, 5.41) is 3.47. The fourth-order valence-electron chi connectivity index (χ4n) is 2.22. The molecule has 0 spiro atoms. The predicted molar refractivity (Wildman–Crippen MR) is 68.0 cm³/mol. The lowest BCUT2D eigenvalue weighted by molar-refractivity contribution is 0.274. The third-order valence-electron chi connectivity index (χ3n) is 3.13. The van der Waals surface area contributed by atoms with Gasteiger partial charge >= 0.3 is 0 Å². The minimum atomic E-state index is 0.311. The molecule has 2 aromatic rings. The number of benzene rings is 2. The maximum absolute atomic E-state index is 5.78. The SMILES string of the molecule is c1ccc(OCC2NCc3ccccc32)cc1. The normalized spacial score (nSPS) is 17.8. The van der Waals surface area contributed by atoms with Crippen LogP contribution in [0.5, 0.6) is 5.75 Å². The molecule has 1 heterocycles. The molecule has 0 saturated carbocycles. The Morgan fingerprint density at radius 3 is 2.65 bits per heavy atom. The molecule has 17 heavy (non-hydrogen) atoms. The number of fused-ring (bicyclic) bond motifs is 1. The Morgan fingerprint density at radius 2 is 1.76 bits per heavy atom. The Kier molecular flexibility index (Phi) is 2.80. The summed E-state index contributed by atoms with van der Waals surface area (Å²) in [6.07, 6.45) is 0. The molecular formula is C15H15NO. The highest BCUT2D eigenvalue weighted by Crippen LogP contribution is 2.25. The van der Waals surface area contributed by atoms with E-state index >= 15 is 0 Å². The molecule has 1 unspecified atom stereocenters. The lowest BCUT2D eigenvalue weighted by atomic mass is 10.1. The van der Waals surface area contributed by atoms with E-state index in [1.165, 1.54) is 11.1 Å². The van der Waals surface area contributed by atoms with E-state index < -0.39 is 0 Å². The van der Waals surface area contributed by atoms with Crippen LogP contribution in [0.1, 0.15) is 17.2 Å². The molecule has 0 saturated heterocycles. The molecule has 2 aromatic carbocycles. The fraction of sp³-hybridized carbons (Fsp3) is 0.200. The number of rotatable bonds is 3. The smallest absolute Gasteiger partial charge is 0.119 e. The van der Waals surface area contributed by atoms with Crippen LogP contribution in [0.25, 0.3) is 0 Å². The third-order valence-corrected chi connectivity index (χ3v) is 3.13. The van der Waals surface area contributed by atoms with Gasteiger partial charge in [0.2, 0.25) is 0 Å². The lowest BCUT2D eigenvalue weighted by Crippen LogP contribution is -2.19. The molecule has 0 aliphatic carbocycles. The topological polar surface area (TPSA) is 21.3 Å². The average molecular weight is 225 g/mol. The van der Waals surface area contributed by atoms with Gasteiger partial charge in [0.25, 0.3) is 0 Å². The van der Waals surface area contributed by atoms with Crippen molar-refractivity contribution in [3.8, 4) is 5.75 Å². The molecule has 0 bridgehead atoms. The van der Waals surface area contributed by atoms with Gasteiger partial charge in [0.1, 0.15) is 12.4 Å². The first-order chi connectivity index (χ1) is 8.43. The molecule has 0 amide bonds. The van der Waals surface area contributed by atoms with Crippen molar-refractivity contribution in [1.82, 2.24) is 5.32 Å². The van der Waals surface area contributed by atoms with Crippen molar-refractivity contribution in [2.24, 2.45) is 0 Å². The van der Waals surface area contributed by atoms with Gasteiger partial charge < -0.3 is 10.1 Å². The number of hydrogen-bond donors (Lipinski definition) is 1. The monoisotopic (exact) mass is 225 g/mol. The summed E-state index contributed by atoms with van der Waals surface area (Å²) in [4.78, 5) is 0. The summed E-state index contributed by atoms with van der Waals surface area (Å²) in [5.74, 6) is 0.929. The van der Waals surface area contributed by atoms with Crippen molar-refractivity contribution in [2.75, 3.05) is 6.61 Å². The summed E-state index contributed by atoms with van der Waals surface area (Å²) in [6.45, 7) is 1.63. The maximum atomic E-state index is 5.78. The second kappa shape index (κ2) is 4.60. The Labute approximate surface area is 101 Å². The van der Waals surface area contributed by atoms with Gasteiger partial charge in [0.15, 0.2) is 0 Å². The molecule has 1 N–H and O–H groups in total. The van der Waals surface area contributed by atoms with E-state index in [-0.39, 0.29) is 0 Å². The Bertz CT molecular complexity index is 495. The Hall–Kier alpha value is -1.80. The highest BCUT2D eigenvalue weighted by molar-refractivity contribution is 5.34. The van der Waals surface area contributed by atoms with E-state index in [1.807, 2.05) is 30.3 Å². The van der Waals surface area contributed by atoms with E-state index in [0.717, 1.165) is 12.3 Å². The van der Waals surface area contributed by atoms with Crippen LogP contribution in [-0.2, 0) is 6.54 Å². The van der Waals surface area contributed by atoms with Crippen LogP contribution in [0.3, 0.4) is 0 Å². The Morgan fingerprint density at radius 1 is 1.00 bits per heavy atom. The zero-order chi connectivity index (χ0) is 11.5. The van der Waals surface area contributed by atoms with Crippen molar-refractivity contribution in [3.05, 3.63) is 65.7 Å². The van der Waals surface area contributed by atoms with Gasteiger partial charge in [-0.05, 0) is 23.3 Å². The van der Waals surface area contributed by atoms with E-state index in [4.69, 9.17) is 4.74 Å². The zero-order valence-corrected chi connectivity index (χ0v) is 9.60. The van der Waals surface area contributed by atoms with Crippen molar-refractivity contribution in [3.63, 3.8) is 0 Å². The van der Waals surface area contributed by atoms with Gasteiger partial charge in [-0.25, -0.2) is 0 Å². The van der Waals surface area contributed by atoms with Gasteiger partial charge in [-0.15, -0.1) is 0 Å². The number of para-hydroxylation sites is 1. The van der Waals surface area contributed by atoms with Gasteiger partial charge in [-0.1, -0.05) is 42.5 Å². The molecule has 1 aliphatic heterocycles. The van der Waals surface area contributed by atoms with Crippen LogP contribution in [0.15, 0.2) is 54.6 Å². The van der Waals surface area contributed by atoms with Crippen molar-refractivity contribution < 1.29 is 4.74 Å². The number of hydrogen-bond acceptors (Lipinski definition) is 2. The molecule has 2 heteroatoms. The Balaban J connectivity index is 1.68. The zero-order valence-electron chi connectivity index (χ0n) is 9.60. The largest absolute Gasteiger partial charge is 0.492 e. The molecule has 3 rings (SSSR count). The van der Waals surface area contributed by atoms with E-state index in [0.29, 0.717) is 12.6 Å². The minimum Gasteiger partial charge on any atom is -0.492 e. The van der Waals surface area contributed by atoms with Gasteiger partial charge in [-0.3, -0.25) is 0 Å². The average Bonchev–Trinajstić information content (AvgIpc) is 2.81. The molecule has 0 fully saturated rings. The van der Waals surface area contributed by atoms with Gasteiger partial charge in [0, 0.05) is 6.54 Å². The summed E-state index contributed by atoms with van der Waals surface area (Å²) in [5.41, 5.74) is 2.75. The first-order valence-electron chi connectivity index (χ1n) is 5.92. The van der Waals surface area contributed by atoms with E-state index in [1.54, 1.807) is 0 Å².